The van der Waals surface area contributed by atoms with Gasteiger partial charge in [-0.3, -0.25) is 4.79 Å². The Bertz CT molecular complexity index is 845. The molecule has 3 rings (SSSR count). The summed E-state index contributed by atoms with van der Waals surface area (Å²) in [5.74, 6) is 0.766. The molecular weight excluding hydrogens is 298 g/mol. The first-order chi connectivity index (χ1) is 11.6. The molecule has 3 heteroatoms. The molecule has 0 aromatic heterocycles. The normalized spacial score (nSPS) is 10.6. The second kappa shape index (κ2) is 7.18. The molecule has 1 N–H and O–H groups in total. The average Bonchev–Trinajstić information content (AvgIpc) is 2.57. The number of hydrogen-bond donors (Lipinski definition) is 1. The summed E-state index contributed by atoms with van der Waals surface area (Å²) < 4.78 is 5.73. The Kier molecular flexibility index (Phi) is 4.80. The second-order valence-corrected chi connectivity index (χ2v) is 5.95. The molecule has 3 aromatic rings. The number of fused-ring (bicyclic) bond motifs is 1. The van der Waals surface area contributed by atoms with Crippen molar-refractivity contribution in [1.29, 1.82) is 0 Å². The van der Waals surface area contributed by atoms with Crippen LogP contribution in [0, 0.1) is 13.8 Å². The Morgan fingerprint density at radius 3 is 2.46 bits per heavy atom. The molecule has 0 heterocycles. The maximum atomic E-state index is 12.4. The lowest BCUT2D eigenvalue weighted by Crippen LogP contribution is -2.28. The molecule has 0 radical (unpaired) electrons. The number of nitrogens with one attached hydrogen (secondary N) is 1. The molecule has 0 aliphatic carbocycles. The number of benzene rings is 3. The van der Waals surface area contributed by atoms with Gasteiger partial charge >= 0.3 is 0 Å². The predicted octanol–water partition coefficient (Wildman–Crippen LogP) is 4.27. The van der Waals surface area contributed by atoms with Crippen molar-refractivity contribution < 1.29 is 9.53 Å². The van der Waals surface area contributed by atoms with Gasteiger partial charge in [0.25, 0.3) is 5.91 Å². The molecular formula is C21H21NO2. The van der Waals surface area contributed by atoms with Crippen LogP contribution in [0.3, 0.4) is 0 Å². The number of amides is 1. The van der Waals surface area contributed by atoms with E-state index in [9.17, 15) is 4.79 Å². The summed E-state index contributed by atoms with van der Waals surface area (Å²) in [4.78, 5) is 12.4. The van der Waals surface area contributed by atoms with E-state index >= 15 is 0 Å². The van der Waals surface area contributed by atoms with E-state index in [1.165, 1.54) is 11.1 Å². The minimum atomic E-state index is -0.0733. The van der Waals surface area contributed by atoms with Crippen LogP contribution in [0.2, 0.25) is 0 Å². The topological polar surface area (TPSA) is 38.3 Å². The van der Waals surface area contributed by atoms with Crippen LogP contribution in [-0.2, 0) is 0 Å². The standard InChI is InChI=1S/C21H21NO2/c1-15-12-16(2)14-18(13-15)24-11-10-22-21(23)20-9-5-7-17-6-3-4-8-19(17)20/h3-9,12-14H,10-11H2,1-2H3,(H,22,23). The van der Waals surface area contributed by atoms with E-state index in [2.05, 4.69) is 11.4 Å². The van der Waals surface area contributed by atoms with Gasteiger partial charge in [-0.2, -0.15) is 0 Å². The van der Waals surface area contributed by atoms with Gasteiger partial charge in [0.05, 0.1) is 6.54 Å². The molecule has 3 nitrogen and oxygen atoms in total. The number of hydrogen-bond acceptors (Lipinski definition) is 2. The summed E-state index contributed by atoms with van der Waals surface area (Å²) in [6, 6.07) is 19.8. The summed E-state index contributed by atoms with van der Waals surface area (Å²) in [5.41, 5.74) is 3.04. The van der Waals surface area contributed by atoms with Crippen LogP contribution in [0.15, 0.2) is 60.7 Å². The zero-order chi connectivity index (χ0) is 16.9. The fraction of sp³-hybridized carbons (Fsp3) is 0.190. The quantitative estimate of drug-likeness (QED) is 0.713. The van der Waals surface area contributed by atoms with Crippen molar-refractivity contribution in [2.24, 2.45) is 0 Å². The molecule has 0 fully saturated rings. The van der Waals surface area contributed by atoms with Crippen LogP contribution >= 0.6 is 0 Å². The minimum absolute atomic E-state index is 0.0733. The van der Waals surface area contributed by atoms with Crippen molar-refractivity contribution in [2.45, 2.75) is 13.8 Å². The molecule has 122 valence electrons. The molecule has 1 amide bonds. The molecule has 0 aliphatic rings. The second-order valence-electron chi connectivity index (χ2n) is 5.95. The van der Waals surface area contributed by atoms with Gasteiger partial charge < -0.3 is 10.1 Å². The summed E-state index contributed by atoms with van der Waals surface area (Å²) in [5, 5.41) is 4.96. The van der Waals surface area contributed by atoms with E-state index in [1.54, 1.807) is 0 Å². The van der Waals surface area contributed by atoms with Crippen molar-refractivity contribution in [1.82, 2.24) is 5.32 Å². The zero-order valence-corrected chi connectivity index (χ0v) is 14.0. The monoisotopic (exact) mass is 319 g/mol. The van der Waals surface area contributed by atoms with E-state index in [4.69, 9.17) is 4.74 Å². The third-order valence-electron chi connectivity index (χ3n) is 3.89. The Morgan fingerprint density at radius 1 is 0.958 bits per heavy atom. The number of carbonyl (C=O) groups excluding carboxylic acids is 1. The zero-order valence-electron chi connectivity index (χ0n) is 14.0. The summed E-state index contributed by atoms with van der Waals surface area (Å²) in [6.45, 7) is 5.00. The highest BCUT2D eigenvalue weighted by Crippen LogP contribution is 2.18. The van der Waals surface area contributed by atoms with E-state index in [0.29, 0.717) is 18.7 Å². The lowest BCUT2D eigenvalue weighted by atomic mass is 10.0. The maximum absolute atomic E-state index is 12.4. The summed E-state index contributed by atoms with van der Waals surface area (Å²) >= 11 is 0. The van der Waals surface area contributed by atoms with Crippen LogP contribution in [0.5, 0.6) is 5.75 Å². The van der Waals surface area contributed by atoms with Crippen molar-refractivity contribution in [3.05, 3.63) is 77.4 Å². The van der Waals surface area contributed by atoms with Crippen molar-refractivity contribution in [2.75, 3.05) is 13.2 Å². The molecule has 0 aliphatic heterocycles. The van der Waals surface area contributed by atoms with Gasteiger partial charge in [-0.05, 0) is 53.9 Å². The first-order valence-electron chi connectivity index (χ1n) is 8.10. The van der Waals surface area contributed by atoms with E-state index in [0.717, 1.165) is 16.5 Å². The third kappa shape index (κ3) is 3.74. The predicted molar refractivity (Wildman–Crippen MR) is 97.7 cm³/mol. The fourth-order valence-electron chi connectivity index (χ4n) is 2.87. The van der Waals surface area contributed by atoms with Crippen molar-refractivity contribution in [3.63, 3.8) is 0 Å². The first-order valence-corrected chi connectivity index (χ1v) is 8.10. The summed E-state index contributed by atoms with van der Waals surface area (Å²) in [6.07, 6.45) is 0. The minimum Gasteiger partial charge on any atom is -0.492 e. The van der Waals surface area contributed by atoms with Crippen LogP contribution in [0.1, 0.15) is 21.5 Å². The molecule has 0 bridgehead atoms. The van der Waals surface area contributed by atoms with Crippen LogP contribution < -0.4 is 10.1 Å². The highest BCUT2D eigenvalue weighted by molar-refractivity contribution is 6.06. The molecule has 24 heavy (non-hydrogen) atoms. The van der Waals surface area contributed by atoms with Crippen molar-refractivity contribution >= 4 is 16.7 Å². The van der Waals surface area contributed by atoms with Gasteiger partial charge in [0.15, 0.2) is 0 Å². The Labute approximate surface area is 142 Å². The van der Waals surface area contributed by atoms with Crippen LogP contribution in [0.25, 0.3) is 10.8 Å². The molecule has 0 spiro atoms. The van der Waals surface area contributed by atoms with Crippen LogP contribution in [0.4, 0.5) is 0 Å². The third-order valence-corrected chi connectivity index (χ3v) is 3.89. The lowest BCUT2D eigenvalue weighted by Gasteiger charge is -2.10. The van der Waals surface area contributed by atoms with Gasteiger partial charge in [0.2, 0.25) is 0 Å². The van der Waals surface area contributed by atoms with Gasteiger partial charge in [-0.25, -0.2) is 0 Å². The maximum Gasteiger partial charge on any atom is 0.252 e. The number of ether oxygens (including phenoxy) is 1. The van der Waals surface area contributed by atoms with Gasteiger partial charge in [0.1, 0.15) is 12.4 Å². The van der Waals surface area contributed by atoms with Crippen LogP contribution in [-0.4, -0.2) is 19.1 Å². The Morgan fingerprint density at radius 2 is 1.67 bits per heavy atom. The highest BCUT2D eigenvalue weighted by Gasteiger charge is 2.08. The Hall–Kier alpha value is -2.81. The highest BCUT2D eigenvalue weighted by atomic mass is 16.5. The molecule has 0 unspecified atom stereocenters. The smallest absolute Gasteiger partial charge is 0.252 e. The fourth-order valence-corrected chi connectivity index (χ4v) is 2.87. The lowest BCUT2D eigenvalue weighted by molar-refractivity contribution is 0.0948. The number of aryl methyl sites for hydroxylation is 2. The molecule has 0 atom stereocenters. The van der Waals surface area contributed by atoms with E-state index < -0.39 is 0 Å². The first kappa shape index (κ1) is 16.1. The largest absolute Gasteiger partial charge is 0.492 e. The van der Waals surface area contributed by atoms with E-state index in [-0.39, 0.29) is 5.91 Å². The Balaban J connectivity index is 1.59. The average molecular weight is 319 g/mol. The van der Waals surface area contributed by atoms with Crippen molar-refractivity contribution in [3.8, 4) is 5.75 Å². The van der Waals surface area contributed by atoms with E-state index in [1.807, 2.05) is 68.4 Å². The van der Waals surface area contributed by atoms with Gasteiger partial charge in [-0.1, -0.05) is 42.5 Å². The number of rotatable bonds is 5. The molecule has 0 saturated carbocycles. The SMILES string of the molecule is Cc1cc(C)cc(OCCNC(=O)c2cccc3ccccc23)c1. The van der Waals surface area contributed by atoms with Gasteiger partial charge in [0, 0.05) is 5.56 Å². The molecule has 3 aromatic carbocycles. The molecule has 0 saturated heterocycles. The van der Waals surface area contributed by atoms with Gasteiger partial charge in [-0.15, -0.1) is 0 Å². The number of carbonyl (C=O) groups is 1. The summed E-state index contributed by atoms with van der Waals surface area (Å²) in [7, 11) is 0.